The van der Waals surface area contributed by atoms with Crippen LogP contribution in [0, 0.1) is 11.3 Å². The first-order valence-corrected chi connectivity index (χ1v) is 4.73. The van der Waals surface area contributed by atoms with E-state index in [1.54, 1.807) is 0 Å². The van der Waals surface area contributed by atoms with Crippen molar-refractivity contribution >= 4 is 18.4 Å². The molecule has 1 saturated heterocycles. The Kier molecular flexibility index (Phi) is 3.40. The molecule has 0 bridgehead atoms. The normalized spacial score (nSPS) is 34.4. The Morgan fingerprint density at radius 1 is 1.43 bits per heavy atom. The number of hydrogen-bond acceptors (Lipinski definition) is 3. The van der Waals surface area contributed by atoms with Crippen LogP contribution in [0.1, 0.15) is 19.3 Å². The van der Waals surface area contributed by atoms with E-state index in [0.29, 0.717) is 19.6 Å². The van der Waals surface area contributed by atoms with E-state index in [4.69, 9.17) is 15.6 Å². The highest BCUT2D eigenvalue weighted by molar-refractivity contribution is 5.85. The average Bonchev–Trinajstić information content (AvgIpc) is 2.15. The van der Waals surface area contributed by atoms with Gasteiger partial charge in [-0.3, -0.25) is 4.79 Å². The molecule has 0 radical (unpaired) electrons. The van der Waals surface area contributed by atoms with Crippen LogP contribution in [0.2, 0.25) is 0 Å². The molecule has 2 atom stereocenters. The third-order valence-electron chi connectivity index (χ3n) is 3.64. The Labute approximate surface area is 89.2 Å². The molecule has 1 heterocycles. The minimum absolute atomic E-state index is 0. The molecular weight excluding hydrogens is 206 g/mol. The summed E-state index contributed by atoms with van der Waals surface area (Å²) in [5.74, 6) is -0.921. The molecule has 4 nitrogen and oxygen atoms in total. The molecule has 3 N–H and O–H groups in total. The van der Waals surface area contributed by atoms with Crippen LogP contribution in [0.5, 0.6) is 0 Å². The monoisotopic (exact) mass is 221 g/mol. The van der Waals surface area contributed by atoms with Crippen molar-refractivity contribution in [2.75, 3.05) is 13.2 Å². The highest BCUT2D eigenvalue weighted by atomic mass is 35.5. The maximum Gasteiger partial charge on any atom is 0.307 e. The Bertz CT molecular complexity index is 228. The molecule has 0 aromatic heterocycles. The zero-order valence-electron chi connectivity index (χ0n) is 7.94. The molecule has 0 unspecified atom stereocenters. The van der Waals surface area contributed by atoms with Crippen molar-refractivity contribution in [3.63, 3.8) is 0 Å². The van der Waals surface area contributed by atoms with Gasteiger partial charge < -0.3 is 15.6 Å². The predicted octanol–water partition coefficient (Wildman–Crippen LogP) is 0.637. The van der Waals surface area contributed by atoms with Crippen molar-refractivity contribution < 1.29 is 14.6 Å². The Morgan fingerprint density at radius 2 is 2.00 bits per heavy atom. The van der Waals surface area contributed by atoms with E-state index in [0.717, 1.165) is 12.8 Å². The molecule has 82 valence electrons. The van der Waals surface area contributed by atoms with Gasteiger partial charge in [0.2, 0.25) is 0 Å². The van der Waals surface area contributed by atoms with Crippen LogP contribution in [0.4, 0.5) is 0 Å². The summed E-state index contributed by atoms with van der Waals surface area (Å²) in [6, 6.07) is 0.0671. The van der Waals surface area contributed by atoms with Crippen LogP contribution in [0.25, 0.3) is 0 Å². The van der Waals surface area contributed by atoms with Gasteiger partial charge in [-0.1, -0.05) is 0 Å². The largest absolute Gasteiger partial charge is 0.481 e. The van der Waals surface area contributed by atoms with Crippen molar-refractivity contribution in [3.05, 3.63) is 0 Å². The highest BCUT2D eigenvalue weighted by Crippen LogP contribution is 2.52. The average molecular weight is 222 g/mol. The molecule has 1 spiro atoms. The number of hydrogen-bond donors (Lipinski definition) is 2. The minimum atomic E-state index is -0.691. The van der Waals surface area contributed by atoms with Crippen LogP contribution in [0.3, 0.4) is 0 Å². The van der Waals surface area contributed by atoms with E-state index < -0.39 is 5.97 Å². The molecule has 5 heteroatoms. The zero-order valence-corrected chi connectivity index (χ0v) is 8.76. The summed E-state index contributed by atoms with van der Waals surface area (Å²) < 4.78 is 5.23. The molecule has 0 aromatic carbocycles. The summed E-state index contributed by atoms with van der Waals surface area (Å²) in [6.45, 7) is 1.33. The van der Waals surface area contributed by atoms with E-state index in [-0.39, 0.29) is 29.8 Å². The van der Waals surface area contributed by atoms with Crippen LogP contribution in [-0.4, -0.2) is 30.3 Å². The lowest BCUT2D eigenvalue weighted by Crippen LogP contribution is -2.62. The van der Waals surface area contributed by atoms with E-state index in [9.17, 15) is 4.79 Å². The summed E-state index contributed by atoms with van der Waals surface area (Å²) in [7, 11) is 0. The van der Waals surface area contributed by atoms with E-state index in [1.165, 1.54) is 0 Å². The fourth-order valence-corrected chi connectivity index (χ4v) is 2.64. The minimum Gasteiger partial charge on any atom is -0.481 e. The number of carbonyl (C=O) groups is 1. The molecule has 14 heavy (non-hydrogen) atoms. The van der Waals surface area contributed by atoms with Crippen molar-refractivity contribution in [2.24, 2.45) is 17.1 Å². The lowest BCUT2D eigenvalue weighted by molar-refractivity contribution is -0.165. The third kappa shape index (κ3) is 1.51. The van der Waals surface area contributed by atoms with Gasteiger partial charge in [0.1, 0.15) is 0 Å². The fraction of sp³-hybridized carbons (Fsp3) is 0.889. The molecule has 1 saturated carbocycles. The number of aliphatic carboxylic acids is 1. The van der Waals surface area contributed by atoms with Crippen molar-refractivity contribution in [1.82, 2.24) is 0 Å². The number of rotatable bonds is 1. The van der Waals surface area contributed by atoms with Gasteiger partial charge in [-0.2, -0.15) is 0 Å². The van der Waals surface area contributed by atoms with Gasteiger partial charge in [0.15, 0.2) is 0 Å². The lowest BCUT2D eigenvalue weighted by atomic mass is 9.53. The molecule has 1 aliphatic carbocycles. The first kappa shape index (κ1) is 11.8. The summed E-state index contributed by atoms with van der Waals surface area (Å²) >= 11 is 0. The second kappa shape index (κ2) is 4.04. The Morgan fingerprint density at radius 3 is 2.43 bits per heavy atom. The second-order valence-electron chi connectivity index (χ2n) is 4.08. The van der Waals surface area contributed by atoms with Crippen LogP contribution < -0.4 is 5.73 Å². The topological polar surface area (TPSA) is 72.6 Å². The number of carboxylic acid groups (broad SMARTS) is 1. The summed E-state index contributed by atoms with van der Waals surface area (Å²) in [5, 5.41) is 8.97. The number of ether oxygens (including phenoxy) is 1. The van der Waals surface area contributed by atoms with Crippen molar-refractivity contribution in [3.8, 4) is 0 Å². The maximum absolute atomic E-state index is 10.9. The first-order valence-electron chi connectivity index (χ1n) is 4.73. The van der Waals surface area contributed by atoms with Gasteiger partial charge in [0.25, 0.3) is 0 Å². The van der Waals surface area contributed by atoms with Crippen molar-refractivity contribution in [1.29, 1.82) is 0 Å². The van der Waals surface area contributed by atoms with Crippen LogP contribution in [0.15, 0.2) is 0 Å². The van der Waals surface area contributed by atoms with Crippen LogP contribution >= 0.6 is 12.4 Å². The molecule has 0 aromatic rings. The van der Waals surface area contributed by atoms with E-state index in [2.05, 4.69) is 0 Å². The van der Waals surface area contributed by atoms with Gasteiger partial charge in [-0.15, -0.1) is 12.4 Å². The first-order chi connectivity index (χ1) is 6.17. The molecule has 1 aliphatic heterocycles. The predicted molar refractivity (Wildman–Crippen MR) is 53.5 cm³/mol. The maximum atomic E-state index is 10.9. The summed E-state index contributed by atoms with van der Waals surface area (Å²) in [6.07, 6.45) is 2.26. The van der Waals surface area contributed by atoms with Gasteiger partial charge in [-0.25, -0.2) is 0 Å². The Hall–Kier alpha value is -0.320. The van der Waals surface area contributed by atoms with Gasteiger partial charge in [-0.05, 0) is 19.3 Å². The van der Waals surface area contributed by atoms with Gasteiger partial charge >= 0.3 is 5.97 Å². The number of halogens is 1. The highest BCUT2D eigenvalue weighted by Gasteiger charge is 2.56. The standard InChI is InChI=1S/C9H15NO3.ClH/c10-7-5-6(8(11)12)9(7)1-3-13-4-2-9;/h6-7H,1-5,10H2,(H,11,12);1H/t6-,7-;/m1./s1. The quantitative estimate of drug-likeness (QED) is 0.682. The third-order valence-corrected chi connectivity index (χ3v) is 3.64. The Balaban J connectivity index is 0.000000980. The van der Waals surface area contributed by atoms with Crippen molar-refractivity contribution in [2.45, 2.75) is 25.3 Å². The van der Waals surface area contributed by atoms with Crippen LogP contribution in [-0.2, 0) is 9.53 Å². The van der Waals surface area contributed by atoms with E-state index >= 15 is 0 Å². The SMILES string of the molecule is Cl.N[C@@H]1C[C@H](C(=O)O)C12CCOCC2. The lowest BCUT2D eigenvalue weighted by Gasteiger charge is -2.54. The molecular formula is C9H16ClNO3. The summed E-state index contributed by atoms with van der Waals surface area (Å²) in [5.41, 5.74) is 5.75. The van der Waals surface area contributed by atoms with Gasteiger partial charge in [0, 0.05) is 24.7 Å². The zero-order chi connectivity index (χ0) is 9.47. The molecule has 2 fully saturated rings. The summed E-state index contributed by atoms with van der Waals surface area (Å²) in [4.78, 5) is 10.9. The fourth-order valence-electron chi connectivity index (χ4n) is 2.64. The molecule has 2 aliphatic rings. The molecule has 0 amide bonds. The van der Waals surface area contributed by atoms with E-state index in [1.807, 2.05) is 0 Å². The van der Waals surface area contributed by atoms with Gasteiger partial charge in [0.05, 0.1) is 5.92 Å². The smallest absolute Gasteiger partial charge is 0.307 e. The second-order valence-corrected chi connectivity index (χ2v) is 4.08. The molecule has 2 rings (SSSR count). The number of nitrogens with two attached hydrogens (primary N) is 1. The number of carboxylic acids is 1.